The zero-order valence-corrected chi connectivity index (χ0v) is 30.4. The van der Waals surface area contributed by atoms with E-state index >= 15 is 0 Å². The number of aliphatic hydroxyl groups excluding tert-OH is 1. The van der Waals surface area contributed by atoms with Crippen LogP contribution in [0.4, 0.5) is 4.79 Å². The van der Waals surface area contributed by atoms with Gasteiger partial charge in [0.25, 0.3) is 0 Å². The first-order chi connectivity index (χ1) is 26.6. The Balaban J connectivity index is 1.16. The second-order valence-corrected chi connectivity index (χ2v) is 13.7. The minimum atomic E-state index is -1.32. The minimum Gasteiger partial charge on any atom is -0.493 e. The fourth-order valence-electron chi connectivity index (χ4n) is 7.96. The Hall–Kier alpha value is -5.13. The number of cyclic esters (lactones) is 1. The number of carbonyl (C=O) groups is 3. The van der Waals surface area contributed by atoms with Gasteiger partial charge >= 0.3 is 18.1 Å². The predicted octanol–water partition coefficient (Wildman–Crippen LogP) is 3.92. The third-order valence-corrected chi connectivity index (χ3v) is 10.4. The lowest BCUT2D eigenvalue weighted by Gasteiger charge is -2.48. The summed E-state index contributed by atoms with van der Waals surface area (Å²) in [7, 11) is 2.83. The van der Waals surface area contributed by atoms with E-state index in [9.17, 15) is 19.5 Å². The second-order valence-electron chi connectivity index (χ2n) is 13.7. The van der Waals surface area contributed by atoms with Crippen molar-refractivity contribution in [1.29, 1.82) is 0 Å². The highest BCUT2D eigenvalue weighted by molar-refractivity contribution is 5.79. The van der Waals surface area contributed by atoms with Gasteiger partial charge in [-0.25, -0.2) is 4.79 Å². The normalized spacial score (nSPS) is 30.2. The van der Waals surface area contributed by atoms with Gasteiger partial charge in [-0.1, -0.05) is 30.3 Å². The summed E-state index contributed by atoms with van der Waals surface area (Å²) in [6, 6.07) is 16.0. The van der Waals surface area contributed by atoms with Crippen molar-refractivity contribution in [3.05, 3.63) is 76.9 Å². The van der Waals surface area contributed by atoms with Crippen molar-refractivity contribution in [2.45, 2.75) is 69.5 Å². The van der Waals surface area contributed by atoms with Crippen LogP contribution in [-0.4, -0.2) is 94.4 Å². The Morgan fingerprint density at radius 1 is 0.909 bits per heavy atom. The van der Waals surface area contributed by atoms with Crippen molar-refractivity contribution < 1.29 is 76.3 Å². The summed E-state index contributed by atoms with van der Waals surface area (Å²) in [5, 5.41) is 11.4. The largest absolute Gasteiger partial charge is 0.514 e. The van der Waals surface area contributed by atoms with Crippen LogP contribution < -0.4 is 23.7 Å². The molecule has 5 aliphatic rings. The lowest BCUT2D eigenvalue weighted by atomic mass is 9.66. The van der Waals surface area contributed by atoms with Crippen molar-refractivity contribution in [1.82, 2.24) is 0 Å². The first-order valence-corrected chi connectivity index (χ1v) is 17.8. The summed E-state index contributed by atoms with van der Waals surface area (Å²) >= 11 is 0. The van der Waals surface area contributed by atoms with Crippen molar-refractivity contribution in [3.8, 4) is 28.7 Å². The summed E-state index contributed by atoms with van der Waals surface area (Å²) in [4.78, 5) is 38.9. The van der Waals surface area contributed by atoms with Gasteiger partial charge in [0.05, 0.1) is 39.5 Å². The number of aliphatic hydroxyl groups is 1. The lowest BCUT2D eigenvalue weighted by Crippen LogP contribution is -2.64. The van der Waals surface area contributed by atoms with Crippen LogP contribution in [-0.2, 0) is 49.4 Å². The van der Waals surface area contributed by atoms with Crippen LogP contribution in [0, 0.1) is 11.8 Å². The molecule has 3 fully saturated rings. The van der Waals surface area contributed by atoms with Crippen LogP contribution in [0.1, 0.15) is 48.1 Å². The zero-order valence-electron chi connectivity index (χ0n) is 30.4. The predicted molar refractivity (Wildman–Crippen MR) is 183 cm³/mol. The van der Waals surface area contributed by atoms with Gasteiger partial charge in [-0.2, -0.15) is 0 Å². The van der Waals surface area contributed by atoms with Crippen molar-refractivity contribution in [3.63, 3.8) is 0 Å². The zero-order chi connectivity index (χ0) is 38.4. The molecule has 0 saturated carbocycles. The standard InChI is InChI=1S/C39H40O16/c1-18(40)51-36-32(41)35-29(16-46-19(2)52-35)53-38(36)54-33-23-13-26-25(49-17-50-26)12-22(23)30(31-24(33)15-47-37(31)42)21-10-27(44-3)34(28(11-21)45-4)55-39(43)48-14-20-8-6-5-7-9-20/h5-13,19,24,29-33,35-36,38,41H,14-17H2,1-4H3/t19-,24+,29-,30-,31+,32+,33-,35-,36-,38+/m1/s1. The molecule has 16 heteroatoms. The third kappa shape index (κ3) is 7.00. The van der Waals surface area contributed by atoms with Crippen LogP contribution >= 0.6 is 0 Å². The van der Waals surface area contributed by atoms with Gasteiger partial charge in [0, 0.05) is 18.8 Å². The number of esters is 2. The van der Waals surface area contributed by atoms with Gasteiger partial charge in [0.2, 0.25) is 12.5 Å². The Labute approximate surface area is 315 Å². The monoisotopic (exact) mass is 764 g/mol. The lowest BCUT2D eigenvalue weighted by molar-refractivity contribution is -0.365. The number of methoxy groups -OCH3 is 2. The molecule has 3 aromatic rings. The topological polar surface area (TPSA) is 182 Å². The molecule has 0 radical (unpaired) electrons. The summed E-state index contributed by atoms with van der Waals surface area (Å²) in [5.74, 6) is -2.11. The van der Waals surface area contributed by atoms with Gasteiger partial charge in [-0.3, -0.25) is 9.59 Å². The number of benzene rings is 3. The van der Waals surface area contributed by atoms with E-state index in [0.29, 0.717) is 28.2 Å². The Morgan fingerprint density at radius 3 is 2.31 bits per heavy atom. The molecule has 4 heterocycles. The highest BCUT2D eigenvalue weighted by Crippen LogP contribution is 2.57. The molecule has 0 bridgehead atoms. The second kappa shape index (κ2) is 15.2. The molecule has 1 N–H and O–H groups in total. The Bertz CT molecular complexity index is 1910. The van der Waals surface area contributed by atoms with E-state index in [4.69, 9.17) is 56.8 Å². The quantitative estimate of drug-likeness (QED) is 0.188. The highest BCUT2D eigenvalue weighted by Gasteiger charge is 2.57. The van der Waals surface area contributed by atoms with Crippen LogP contribution in [0.15, 0.2) is 54.6 Å². The van der Waals surface area contributed by atoms with E-state index in [2.05, 4.69) is 0 Å². The first kappa shape index (κ1) is 36.8. The van der Waals surface area contributed by atoms with Crippen molar-refractivity contribution >= 4 is 18.1 Å². The van der Waals surface area contributed by atoms with E-state index < -0.39 is 78.9 Å². The molecule has 3 aromatic carbocycles. The molecule has 292 valence electrons. The number of carbonyl (C=O) groups excluding carboxylic acids is 3. The summed E-state index contributed by atoms with van der Waals surface area (Å²) in [6.07, 6.45) is -7.97. The fraction of sp³-hybridized carbons (Fsp3) is 0.462. The molecular formula is C39H40O16. The number of rotatable bonds is 9. The number of ether oxygens (including phenoxy) is 12. The Kier molecular flexibility index (Phi) is 10.2. The molecule has 4 aliphatic heterocycles. The van der Waals surface area contributed by atoms with Crippen molar-refractivity contribution in [2.24, 2.45) is 11.8 Å². The van der Waals surface area contributed by atoms with E-state index in [1.165, 1.54) is 21.1 Å². The highest BCUT2D eigenvalue weighted by atomic mass is 16.8. The van der Waals surface area contributed by atoms with Crippen LogP contribution in [0.2, 0.25) is 0 Å². The summed E-state index contributed by atoms with van der Waals surface area (Å²) < 4.78 is 69.7. The molecule has 55 heavy (non-hydrogen) atoms. The minimum absolute atomic E-state index is 0.0136. The van der Waals surface area contributed by atoms with E-state index in [1.54, 1.807) is 31.2 Å². The molecule has 0 unspecified atom stereocenters. The smallest absolute Gasteiger partial charge is 0.493 e. The molecule has 10 atom stereocenters. The van der Waals surface area contributed by atoms with E-state index in [-0.39, 0.29) is 43.9 Å². The summed E-state index contributed by atoms with van der Waals surface area (Å²) in [6.45, 7) is 2.95. The van der Waals surface area contributed by atoms with Gasteiger partial charge in [0.1, 0.15) is 24.9 Å². The molecular weight excluding hydrogens is 724 g/mol. The third-order valence-electron chi connectivity index (χ3n) is 10.4. The van der Waals surface area contributed by atoms with Gasteiger partial charge in [-0.05, 0) is 53.4 Å². The summed E-state index contributed by atoms with van der Waals surface area (Å²) in [5.41, 5.74) is 2.59. The van der Waals surface area contributed by atoms with E-state index in [0.717, 1.165) is 5.56 Å². The molecule has 16 nitrogen and oxygen atoms in total. The molecule has 8 rings (SSSR count). The Morgan fingerprint density at radius 2 is 1.62 bits per heavy atom. The van der Waals surface area contributed by atoms with Crippen LogP contribution in [0.5, 0.6) is 28.7 Å². The van der Waals surface area contributed by atoms with Gasteiger partial charge in [0.15, 0.2) is 41.7 Å². The van der Waals surface area contributed by atoms with Crippen LogP contribution in [0.3, 0.4) is 0 Å². The van der Waals surface area contributed by atoms with Gasteiger partial charge in [-0.15, -0.1) is 0 Å². The maximum absolute atomic E-state index is 13.8. The molecule has 0 amide bonds. The number of fused-ring (bicyclic) bond motifs is 4. The fourth-order valence-corrected chi connectivity index (χ4v) is 7.96. The molecule has 0 aromatic heterocycles. The van der Waals surface area contributed by atoms with Crippen molar-refractivity contribution in [2.75, 3.05) is 34.2 Å². The maximum Gasteiger partial charge on any atom is 0.514 e. The van der Waals surface area contributed by atoms with E-state index in [1.807, 2.05) is 30.3 Å². The van der Waals surface area contributed by atoms with Crippen LogP contribution in [0.25, 0.3) is 0 Å². The average molecular weight is 765 g/mol. The molecule has 3 saturated heterocycles. The molecule has 0 spiro atoms. The molecule has 1 aliphatic carbocycles. The van der Waals surface area contributed by atoms with Gasteiger partial charge < -0.3 is 61.9 Å². The average Bonchev–Trinajstić information content (AvgIpc) is 3.81. The first-order valence-electron chi connectivity index (χ1n) is 17.8. The SMILES string of the molecule is COc1cc([C@@H]2c3cc4c(cc3[C@@H](O[C@@H]3O[C@@H]5CO[C@@H](C)O[C@H]5[C@H](O)[C@H]3OC(C)=O)[C@H]3COC(=O)[C@H]23)OCO4)cc(OC)c1OC(=O)OCc1ccccc1. The number of hydrogen-bond donors (Lipinski definition) is 1. The number of hydrogen-bond acceptors (Lipinski definition) is 16. The maximum atomic E-state index is 13.8.